The molecule has 4 heteroatoms. The van der Waals surface area contributed by atoms with Crippen molar-refractivity contribution in [2.45, 2.75) is 57.5 Å². The molecular weight excluding hydrogens is 236 g/mol. The highest BCUT2D eigenvalue weighted by Crippen LogP contribution is 2.35. The average molecular weight is 258 g/mol. The number of nitrogens with zero attached hydrogens (tertiary/aromatic N) is 3. The summed E-state index contributed by atoms with van der Waals surface area (Å²) in [5.41, 5.74) is 8.57. The van der Waals surface area contributed by atoms with E-state index in [1.165, 1.54) is 24.8 Å². The fraction of sp³-hybridized carbons (Fsp3) is 0.600. The Morgan fingerprint density at radius 2 is 2.11 bits per heavy atom. The highest BCUT2D eigenvalue weighted by atomic mass is 15.1. The Bertz CT molecular complexity index is 567. The summed E-state index contributed by atoms with van der Waals surface area (Å²) in [5.74, 6) is 1.07. The highest BCUT2D eigenvalue weighted by Gasteiger charge is 2.34. The van der Waals surface area contributed by atoms with Gasteiger partial charge in [-0.1, -0.05) is 26.2 Å². The molecule has 102 valence electrons. The first kappa shape index (κ1) is 12.6. The summed E-state index contributed by atoms with van der Waals surface area (Å²) in [4.78, 5) is 8.98. The largest absolute Gasteiger partial charge is 0.326 e. The maximum atomic E-state index is 6.67. The summed E-state index contributed by atoms with van der Waals surface area (Å²) in [6.45, 7) is 3.18. The van der Waals surface area contributed by atoms with Crippen LogP contribution in [0.5, 0.6) is 0 Å². The maximum Gasteiger partial charge on any atom is 0.130 e. The van der Waals surface area contributed by atoms with E-state index in [2.05, 4.69) is 16.5 Å². The van der Waals surface area contributed by atoms with E-state index in [9.17, 15) is 0 Å². The number of pyridine rings is 1. The molecule has 0 aromatic carbocycles. The number of imidazole rings is 1. The molecule has 2 heterocycles. The Morgan fingerprint density at radius 3 is 2.84 bits per heavy atom. The zero-order valence-corrected chi connectivity index (χ0v) is 11.6. The average Bonchev–Trinajstić information content (AvgIpc) is 2.80. The summed E-state index contributed by atoms with van der Waals surface area (Å²) in [6, 6.07) is 2.05. The van der Waals surface area contributed by atoms with Gasteiger partial charge in [0, 0.05) is 12.7 Å². The van der Waals surface area contributed by atoms with Crippen molar-refractivity contribution in [3.05, 3.63) is 24.3 Å². The van der Waals surface area contributed by atoms with Crippen molar-refractivity contribution in [1.29, 1.82) is 0 Å². The fourth-order valence-electron chi connectivity index (χ4n) is 3.22. The van der Waals surface area contributed by atoms with Crippen molar-refractivity contribution < 1.29 is 0 Å². The zero-order valence-electron chi connectivity index (χ0n) is 11.6. The van der Waals surface area contributed by atoms with Gasteiger partial charge in [0.15, 0.2) is 0 Å². The number of aromatic nitrogens is 3. The first-order valence-electron chi connectivity index (χ1n) is 7.34. The van der Waals surface area contributed by atoms with Crippen LogP contribution in [0, 0.1) is 0 Å². The standard InChI is InChI=1S/C15H22N4/c1-2-10-19-13-6-9-17-11-12(13)18-14(19)15(16)7-4-3-5-8-15/h6,9,11H,2-5,7-8,10,16H2,1H3. The second kappa shape index (κ2) is 4.93. The summed E-state index contributed by atoms with van der Waals surface area (Å²) in [6.07, 6.45) is 10.6. The second-order valence-corrected chi connectivity index (χ2v) is 5.67. The molecule has 1 saturated carbocycles. The molecule has 2 aromatic heterocycles. The van der Waals surface area contributed by atoms with E-state index in [4.69, 9.17) is 10.7 Å². The Morgan fingerprint density at radius 1 is 1.32 bits per heavy atom. The third-order valence-corrected chi connectivity index (χ3v) is 4.19. The summed E-state index contributed by atoms with van der Waals surface area (Å²) in [5, 5.41) is 0. The SMILES string of the molecule is CCCn1c(C2(N)CCCCC2)nc2cnccc21. The molecule has 0 atom stereocenters. The Labute approximate surface area is 114 Å². The van der Waals surface area contributed by atoms with Crippen LogP contribution in [0.4, 0.5) is 0 Å². The van der Waals surface area contributed by atoms with E-state index in [1.54, 1.807) is 0 Å². The summed E-state index contributed by atoms with van der Waals surface area (Å²) in [7, 11) is 0. The van der Waals surface area contributed by atoms with Crippen molar-refractivity contribution in [2.24, 2.45) is 5.73 Å². The molecule has 0 bridgehead atoms. The number of nitrogens with two attached hydrogens (primary N) is 1. The van der Waals surface area contributed by atoms with Crippen LogP contribution < -0.4 is 5.73 Å². The van der Waals surface area contributed by atoms with E-state index in [0.29, 0.717) is 0 Å². The second-order valence-electron chi connectivity index (χ2n) is 5.67. The van der Waals surface area contributed by atoms with Crippen LogP contribution in [-0.4, -0.2) is 14.5 Å². The molecule has 0 spiro atoms. The topological polar surface area (TPSA) is 56.7 Å². The summed E-state index contributed by atoms with van der Waals surface area (Å²) >= 11 is 0. The predicted octanol–water partition coefficient (Wildman–Crippen LogP) is 2.96. The van der Waals surface area contributed by atoms with Gasteiger partial charge in [-0.25, -0.2) is 4.98 Å². The summed E-state index contributed by atoms with van der Waals surface area (Å²) < 4.78 is 2.31. The van der Waals surface area contributed by atoms with Crippen LogP contribution in [0.15, 0.2) is 18.5 Å². The van der Waals surface area contributed by atoms with Gasteiger partial charge in [-0.15, -0.1) is 0 Å². The first-order chi connectivity index (χ1) is 9.24. The Hall–Kier alpha value is -1.42. The van der Waals surface area contributed by atoms with Crippen molar-refractivity contribution in [1.82, 2.24) is 14.5 Å². The maximum absolute atomic E-state index is 6.67. The molecule has 0 unspecified atom stereocenters. The van der Waals surface area contributed by atoms with E-state index in [0.717, 1.165) is 37.1 Å². The van der Waals surface area contributed by atoms with E-state index >= 15 is 0 Å². The minimum Gasteiger partial charge on any atom is -0.326 e. The lowest BCUT2D eigenvalue weighted by atomic mass is 9.82. The number of hydrogen-bond donors (Lipinski definition) is 1. The van der Waals surface area contributed by atoms with Crippen LogP contribution in [0.3, 0.4) is 0 Å². The zero-order chi connectivity index (χ0) is 13.3. The van der Waals surface area contributed by atoms with Gasteiger partial charge in [0.2, 0.25) is 0 Å². The Kier molecular flexibility index (Phi) is 3.27. The lowest BCUT2D eigenvalue weighted by Gasteiger charge is -2.33. The van der Waals surface area contributed by atoms with E-state index in [1.807, 2.05) is 18.5 Å². The van der Waals surface area contributed by atoms with Gasteiger partial charge >= 0.3 is 0 Å². The van der Waals surface area contributed by atoms with Gasteiger partial charge in [0.1, 0.15) is 11.3 Å². The number of fused-ring (bicyclic) bond motifs is 1. The van der Waals surface area contributed by atoms with Gasteiger partial charge < -0.3 is 10.3 Å². The van der Waals surface area contributed by atoms with Crippen LogP contribution in [0.25, 0.3) is 11.0 Å². The normalized spacial score (nSPS) is 18.8. The first-order valence-corrected chi connectivity index (χ1v) is 7.34. The van der Waals surface area contributed by atoms with Crippen molar-refractivity contribution in [3.63, 3.8) is 0 Å². The monoisotopic (exact) mass is 258 g/mol. The third kappa shape index (κ3) is 2.14. The van der Waals surface area contributed by atoms with Crippen molar-refractivity contribution in [2.75, 3.05) is 0 Å². The fourth-order valence-corrected chi connectivity index (χ4v) is 3.22. The predicted molar refractivity (Wildman–Crippen MR) is 76.8 cm³/mol. The smallest absolute Gasteiger partial charge is 0.130 e. The molecule has 1 aliphatic carbocycles. The third-order valence-electron chi connectivity index (χ3n) is 4.19. The van der Waals surface area contributed by atoms with Gasteiger partial charge in [-0.2, -0.15) is 0 Å². The van der Waals surface area contributed by atoms with Gasteiger partial charge in [-0.05, 0) is 25.3 Å². The van der Waals surface area contributed by atoms with Crippen LogP contribution in [0.1, 0.15) is 51.3 Å². The van der Waals surface area contributed by atoms with Crippen LogP contribution in [-0.2, 0) is 12.1 Å². The quantitative estimate of drug-likeness (QED) is 0.920. The molecule has 0 amide bonds. The molecule has 0 radical (unpaired) electrons. The van der Waals surface area contributed by atoms with E-state index in [-0.39, 0.29) is 5.54 Å². The van der Waals surface area contributed by atoms with Crippen LogP contribution >= 0.6 is 0 Å². The minimum atomic E-state index is -0.244. The number of rotatable bonds is 3. The lowest BCUT2D eigenvalue weighted by Crippen LogP contribution is -2.41. The van der Waals surface area contributed by atoms with Gasteiger partial charge in [0.25, 0.3) is 0 Å². The van der Waals surface area contributed by atoms with E-state index < -0.39 is 0 Å². The molecule has 2 aromatic rings. The molecule has 0 saturated heterocycles. The van der Waals surface area contributed by atoms with Gasteiger partial charge in [-0.3, -0.25) is 4.98 Å². The highest BCUT2D eigenvalue weighted by molar-refractivity contribution is 5.75. The Balaban J connectivity index is 2.13. The van der Waals surface area contributed by atoms with Crippen molar-refractivity contribution >= 4 is 11.0 Å². The van der Waals surface area contributed by atoms with Crippen LogP contribution in [0.2, 0.25) is 0 Å². The molecule has 1 fully saturated rings. The molecule has 4 nitrogen and oxygen atoms in total. The molecule has 19 heavy (non-hydrogen) atoms. The minimum absolute atomic E-state index is 0.244. The lowest BCUT2D eigenvalue weighted by molar-refractivity contribution is 0.278. The number of aryl methyl sites for hydroxylation is 1. The molecule has 0 aliphatic heterocycles. The molecule has 3 rings (SSSR count). The molecule has 1 aliphatic rings. The van der Waals surface area contributed by atoms with Crippen molar-refractivity contribution in [3.8, 4) is 0 Å². The number of hydrogen-bond acceptors (Lipinski definition) is 3. The molecule has 2 N–H and O–H groups in total. The van der Waals surface area contributed by atoms with Gasteiger partial charge in [0.05, 0.1) is 17.3 Å². The molecular formula is C15H22N4.